The molecular formula is C15H16ClN7. The van der Waals surface area contributed by atoms with Crippen molar-refractivity contribution in [2.24, 2.45) is 0 Å². The van der Waals surface area contributed by atoms with Crippen LogP contribution >= 0.6 is 11.6 Å². The second-order valence-electron chi connectivity index (χ2n) is 5.60. The van der Waals surface area contributed by atoms with Crippen LogP contribution in [0, 0.1) is 0 Å². The largest absolute Gasteiger partial charge is 0.367 e. The van der Waals surface area contributed by atoms with Crippen molar-refractivity contribution in [1.29, 1.82) is 0 Å². The summed E-state index contributed by atoms with van der Waals surface area (Å²) < 4.78 is 0. The van der Waals surface area contributed by atoms with Gasteiger partial charge in [-0.15, -0.1) is 0 Å². The van der Waals surface area contributed by atoms with Crippen LogP contribution in [0.4, 0.5) is 11.8 Å². The molecule has 0 aliphatic carbocycles. The first-order chi connectivity index (χ1) is 11.3. The van der Waals surface area contributed by atoms with E-state index in [-0.39, 0.29) is 0 Å². The molecule has 0 amide bonds. The fourth-order valence-electron chi connectivity index (χ4n) is 2.93. The van der Waals surface area contributed by atoms with Gasteiger partial charge in [0.15, 0.2) is 0 Å². The number of nitrogens with zero attached hydrogens (tertiary/aromatic N) is 5. The Morgan fingerprint density at radius 1 is 1.13 bits per heavy atom. The summed E-state index contributed by atoms with van der Waals surface area (Å²) in [5.74, 6) is 1.70. The Morgan fingerprint density at radius 3 is 2.78 bits per heavy atom. The Labute approximate surface area is 138 Å². The van der Waals surface area contributed by atoms with Gasteiger partial charge in [0.25, 0.3) is 0 Å². The van der Waals surface area contributed by atoms with Crippen LogP contribution in [-0.2, 0) is 0 Å². The normalized spacial score (nSPS) is 16.0. The zero-order valence-electron chi connectivity index (χ0n) is 12.4. The van der Waals surface area contributed by atoms with E-state index in [1.807, 2.05) is 18.2 Å². The maximum atomic E-state index is 6.03. The van der Waals surface area contributed by atoms with Gasteiger partial charge in [-0.05, 0) is 31.0 Å². The molecule has 1 saturated heterocycles. The predicted molar refractivity (Wildman–Crippen MR) is 89.8 cm³/mol. The van der Waals surface area contributed by atoms with E-state index < -0.39 is 0 Å². The molecule has 4 rings (SSSR count). The van der Waals surface area contributed by atoms with Crippen molar-refractivity contribution in [3.63, 3.8) is 0 Å². The van der Waals surface area contributed by atoms with Crippen LogP contribution < -0.4 is 10.2 Å². The van der Waals surface area contributed by atoms with Gasteiger partial charge in [0, 0.05) is 29.5 Å². The topological polar surface area (TPSA) is 82.6 Å². The number of H-pyrrole nitrogens is 1. The molecule has 0 bridgehead atoms. The Bertz CT molecular complexity index is 797. The molecule has 1 aromatic carbocycles. The van der Waals surface area contributed by atoms with Gasteiger partial charge in [0.1, 0.15) is 18.5 Å². The van der Waals surface area contributed by atoms with E-state index in [2.05, 4.69) is 35.4 Å². The molecule has 1 aliphatic rings. The van der Waals surface area contributed by atoms with Crippen LogP contribution in [0.15, 0.2) is 30.9 Å². The summed E-state index contributed by atoms with van der Waals surface area (Å²) in [6.07, 6.45) is 5.14. The van der Waals surface area contributed by atoms with Gasteiger partial charge in [0.2, 0.25) is 5.95 Å². The number of nitrogens with one attached hydrogen (secondary N) is 2. The number of anilines is 2. The fourth-order valence-corrected chi connectivity index (χ4v) is 3.09. The third-order valence-corrected chi connectivity index (χ3v) is 4.37. The summed E-state index contributed by atoms with van der Waals surface area (Å²) >= 11 is 6.03. The molecule has 8 heteroatoms. The number of aromatic amines is 1. The van der Waals surface area contributed by atoms with Gasteiger partial charge in [-0.2, -0.15) is 10.1 Å². The molecule has 0 radical (unpaired) electrons. The average molecular weight is 330 g/mol. The molecule has 0 saturated carbocycles. The van der Waals surface area contributed by atoms with Crippen LogP contribution in [0.3, 0.4) is 0 Å². The molecule has 0 atom stereocenters. The van der Waals surface area contributed by atoms with E-state index in [1.54, 1.807) is 6.33 Å². The summed E-state index contributed by atoms with van der Waals surface area (Å²) in [7, 11) is 0. The lowest BCUT2D eigenvalue weighted by Gasteiger charge is -2.32. The van der Waals surface area contributed by atoms with Crippen molar-refractivity contribution in [1.82, 2.24) is 25.1 Å². The first-order valence-corrected chi connectivity index (χ1v) is 7.94. The van der Waals surface area contributed by atoms with Gasteiger partial charge in [-0.1, -0.05) is 11.6 Å². The molecule has 2 N–H and O–H groups in total. The SMILES string of the molecule is Clc1ccc2c(NC3CCN(c4ncn[nH]4)CC3)ncnc2c1. The van der Waals surface area contributed by atoms with E-state index in [0.717, 1.165) is 48.6 Å². The third kappa shape index (κ3) is 2.92. The zero-order valence-corrected chi connectivity index (χ0v) is 13.2. The molecule has 23 heavy (non-hydrogen) atoms. The second-order valence-corrected chi connectivity index (χ2v) is 6.03. The van der Waals surface area contributed by atoms with E-state index in [9.17, 15) is 0 Å². The van der Waals surface area contributed by atoms with E-state index in [4.69, 9.17) is 11.6 Å². The van der Waals surface area contributed by atoms with Crippen LogP contribution in [-0.4, -0.2) is 44.3 Å². The fraction of sp³-hybridized carbons (Fsp3) is 0.333. The number of fused-ring (bicyclic) bond motifs is 1. The Kier molecular flexibility index (Phi) is 3.70. The van der Waals surface area contributed by atoms with Crippen molar-refractivity contribution in [2.45, 2.75) is 18.9 Å². The number of aromatic nitrogens is 5. The van der Waals surface area contributed by atoms with E-state index >= 15 is 0 Å². The Hall–Kier alpha value is -2.41. The molecule has 3 aromatic rings. The number of piperidine rings is 1. The monoisotopic (exact) mass is 329 g/mol. The van der Waals surface area contributed by atoms with Crippen molar-refractivity contribution in [3.05, 3.63) is 35.9 Å². The number of hydrogen-bond acceptors (Lipinski definition) is 6. The highest BCUT2D eigenvalue weighted by molar-refractivity contribution is 6.31. The van der Waals surface area contributed by atoms with E-state index in [0.29, 0.717) is 11.1 Å². The summed E-state index contributed by atoms with van der Waals surface area (Å²) in [5, 5.41) is 12.0. The van der Waals surface area contributed by atoms with Crippen molar-refractivity contribution in [3.8, 4) is 0 Å². The molecule has 3 heterocycles. The lowest BCUT2D eigenvalue weighted by atomic mass is 10.1. The second kappa shape index (κ2) is 6.00. The van der Waals surface area contributed by atoms with Crippen LogP contribution in [0.25, 0.3) is 10.9 Å². The quantitative estimate of drug-likeness (QED) is 0.768. The molecule has 1 aliphatic heterocycles. The molecule has 2 aromatic heterocycles. The molecular weight excluding hydrogens is 314 g/mol. The average Bonchev–Trinajstić information content (AvgIpc) is 3.10. The highest BCUT2D eigenvalue weighted by Gasteiger charge is 2.21. The van der Waals surface area contributed by atoms with Gasteiger partial charge in [0.05, 0.1) is 5.52 Å². The summed E-state index contributed by atoms with van der Waals surface area (Å²) in [4.78, 5) is 15.1. The van der Waals surface area contributed by atoms with Crippen LogP contribution in [0.1, 0.15) is 12.8 Å². The maximum Gasteiger partial charge on any atom is 0.221 e. The molecule has 7 nitrogen and oxygen atoms in total. The Balaban J connectivity index is 1.47. The Morgan fingerprint density at radius 2 is 2.00 bits per heavy atom. The summed E-state index contributed by atoms with van der Waals surface area (Å²) in [5.41, 5.74) is 0.856. The summed E-state index contributed by atoms with van der Waals surface area (Å²) in [6, 6.07) is 6.06. The van der Waals surface area contributed by atoms with Gasteiger partial charge < -0.3 is 10.2 Å². The van der Waals surface area contributed by atoms with Gasteiger partial charge in [-0.25, -0.2) is 15.1 Å². The zero-order chi connectivity index (χ0) is 15.6. The van der Waals surface area contributed by atoms with Crippen molar-refractivity contribution < 1.29 is 0 Å². The predicted octanol–water partition coefficient (Wildman–Crippen LogP) is 2.48. The van der Waals surface area contributed by atoms with Gasteiger partial charge in [-0.3, -0.25) is 0 Å². The van der Waals surface area contributed by atoms with E-state index in [1.165, 1.54) is 6.33 Å². The third-order valence-electron chi connectivity index (χ3n) is 4.14. The number of halogens is 1. The number of rotatable bonds is 3. The lowest BCUT2D eigenvalue weighted by Crippen LogP contribution is -2.39. The highest BCUT2D eigenvalue weighted by atomic mass is 35.5. The van der Waals surface area contributed by atoms with Crippen LogP contribution in [0.2, 0.25) is 5.02 Å². The van der Waals surface area contributed by atoms with Crippen molar-refractivity contribution >= 4 is 34.3 Å². The lowest BCUT2D eigenvalue weighted by molar-refractivity contribution is 0.519. The standard InChI is InChI=1S/C15H16ClN7/c16-10-1-2-12-13(7-10)17-8-18-14(12)21-11-3-5-23(6-4-11)15-19-9-20-22-15/h1-2,7-9,11H,3-6H2,(H,17,18,21)(H,19,20,22). The minimum Gasteiger partial charge on any atom is -0.367 e. The summed E-state index contributed by atoms with van der Waals surface area (Å²) in [6.45, 7) is 1.86. The van der Waals surface area contributed by atoms with Crippen molar-refractivity contribution in [2.75, 3.05) is 23.3 Å². The number of benzene rings is 1. The molecule has 118 valence electrons. The smallest absolute Gasteiger partial charge is 0.221 e. The molecule has 0 unspecified atom stereocenters. The minimum atomic E-state index is 0.378. The maximum absolute atomic E-state index is 6.03. The highest BCUT2D eigenvalue weighted by Crippen LogP contribution is 2.25. The number of hydrogen-bond donors (Lipinski definition) is 2. The first-order valence-electron chi connectivity index (χ1n) is 7.57. The first kappa shape index (κ1) is 14.2. The van der Waals surface area contributed by atoms with Crippen LogP contribution in [0.5, 0.6) is 0 Å². The molecule has 0 spiro atoms. The molecule has 1 fully saturated rings. The minimum absolute atomic E-state index is 0.378. The van der Waals surface area contributed by atoms with Gasteiger partial charge >= 0.3 is 0 Å².